The van der Waals surface area contributed by atoms with Crippen molar-refractivity contribution in [2.24, 2.45) is 0 Å². The Hall–Kier alpha value is -3.90. The molecule has 0 saturated carbocycles. The van der Waals surface area contributed by atoms with Crippen molar-refractivity contribution in [2.75, 3.05) is 0 Å². The van der Waals surface area contributed by atoms with Gasteiger partial charge in [-0.3, -0.25) is 0 Å². The van der Waals surface area contributed by atoms with E-state index >= 15 is 0 Å². The van der Waals surface area contributed by atoms with Gasteiger partial charge in [0.25, 0.3) is 0 Å². The number of fused-ring (bicyclic) bond motifs is 1. The fraction of sp³-hybridized carbons (Fsp3) is 0.200. The number of hydrogen-bond donors (Lipinski definition) is 1. The first-order valence-electron chi connectivity index (χ1n) is 6.92. The predicted molar refractivity (Wildman–Crippen MR) is 79.8 cm³/mol. The van der Waals surface area contributed by atoms with Gasteiger partial charge in [0, 0.05) is 12.4 Å². The summed E-state index contributed by atoms with van der Waals surface area (Å²) in [5.41, 5.74) is 1.70. The molecule has 0 saturated heterocycles. The van der Waals surface area contributed by atoms with Crippen LogP contribution >= 0.6 is 0 Å². The first-order chi connectivity index (χ1) is 11.7. The molecule has 0 bridgehead atoms. The van der Waals surface area contributed by atoms with E-state index in [-0.39, 0.29) is 18.7 Å². The van der Waals surface area contributed by atoms with Crippen LogP contribution in [0.1, 0.15) is 29.0 Å². The van der Waals surface area contributed by atoms with Crippen molar-refractivity contribution in [3.8, 4) is 18.2 Å². The zero-order valence-corrected chi connectivity index (χ0v) is 12.3. The molecule has 114 valence electrons. The van der Waals surface area contributed by atoms with E-state index in [1.165, 1.54) is 12.4 Å². The van der Waals surface area contributed by atoms with Gasteiger partial charge < -0.3 is 4.98 Å². The van der Waals surface area contributed by atoms with Crippen LogP contribution in [0.3, 0.4) is 0 Å². The Balaban J connectivity index is 2.08. The van der Waals surface area contributed by atoms with Crippen LogP contribution in [0.15, 0.2) is 18.5 Å². The maximum absolute atomic E-state index is 9.56. The quantitative estimate of drug-likeness (QED) is 0.746. The SMILES string of the molecule is N#CCc1cc(C(C#N)c2nc3nccnc3[nH]2)nc(CC#N)n1. The second-order valence-corrected chi connectivity index (χ2v) is 4.78. The highest BCUT2D eigenvalue weighted by Gasteiger charge is 2.21. The van der Waals surface area contributed by atoms with E-state index in [1.54, 1.807) is 6.07 Å². The molecule has 3 aromatic rings. The molecule has 0 aromatic carbocycles. The van der Waals surface area contributed by atoms with Crippen molar-refractivity contribution in [1.29, 1.82) is 15.8 Å². The summed E-state index contributed by atoms with van der Waals surface area (Å²) in [6.45, 7) is 0. The lowest BCUT2D eigenvalue weighted by molar-refractivity contribution is 0.835. The van der Waals surface area contributed by atoms with Gasteiger partial charge in [-0.1, -0.05) is 0 Å². The molecule has 0 aliphatic rings. The number of H-pyrrole nitrogens is 1. The Kier molecular flexibility index (Phi) is 4.05. The van der Waals surface area contributed by atoms with E-state index in [0.717, 1.165) is 0 Å². The van der Waals surface area contributed by atoms with Gasteiger partial charge in [0.05, 0.1) is 42.4 Å². The third-order valence-corrected chi connectivity index (χ3v) is 3.19. The molecule has 9 nitrogen and oxygen atoms in total. The second-order valence-electron chi connectivity index (χ2n) is 4.78. The molecule has 3 heterocycles. The third-order valence-electron chi connectivity index (χ3n) is 3.19. The molecule has 3 aromatic heterocycles. The van der Waals surface area contributed by atoms with Gasteiger partial charge in [0.1, 0.15) is 17.6 Å². The fourth-order valence-corrected chi connectivity index (χ4v) is 2.21. The van der Waals surface area contributed by atoms with E-state index in [1.807, 2.05) is 12.1 Å². The summed E-state index contributed by atoms with van der Waals surface area (Å²) in [7, 11) is 0. The van der Waals surface area contributed by atoms with Crippen LogP contribution in [0, 0.1) is 34.0 Å². The lowest BCUT2D eigenvalue weighted by atomic mass is 10.0. The topological polar surface area (TPSA) is 152 Å². The number of nitrogens with zero attached hydrogens (tertiary/aromatic N) is 8. The lowest BCUT2D eigenvalue weighted by Gasteiger charge is -2.08. The van der Waals surface area contributed by atoms with E-state index < -0.39 is 5.92 Å². The highest BCUT2D eigenvalue weighted by Crippen LogP contribution is 2.22. The summed E-state index contributed by atoms with van der Waals surface area (Å²) >= 11 is 0. The van der Waals surface area contributed by atoms with Crippen molar-refractivity contribution in [1.82, 2.24) is 29.9 Å². The molecule has 0 aliphatic carbocycles. The van der Waals surface area contributed by atoms with E-state index in [2.05, 4.69) is 36.0 Å². The molecule has 0 spiro atoms. The van der Waals surface area contributed by atoms with Gasteiger partial charge in [-0.2, -0.15) is 15.8 Å². The van der Waals surface area contributed by atoms with Crippen LogP contribution in [0.5, 0.6) is 0 Å². The predicted octanol–water partition coefficient (Wildman–Crippen LogP) is 0.931. The Bertz CT molecular complexity index is 949. The number of hydrogen-bond acceptors (Lipinski definition) is 8. The van der Waals surface area contributed by atoms with Crippen molar-refractivity contribution in [2.45, 2.75) is 18.8 Å². The summed E-state index contributed by atoms with van der Waals surface area (Å²) in [5.74, 6) is -0.185. The minimum Gasteiger partial charge on any atom is -0.324 e. The summed E-state index contributed by atoms with van der Waals surface area (Å²) < 4.78 is 0. The Morgan fingerprint density at radius 2 is 1.79 bits per heavy atom. The highest BCUT2D eigenvalue weighted by atomic mass is 15.1. The minimum atomic E-state index is -0.807. The maximum Gasteiger partial charge on any atom is 0.197 e. The van der Waals surface area contributed by atoms with E-state index in [9.17, 15) is 5.26 Å². The van der Waals surface area contributed by atoms with Crippen molar-refractivity contribution in [3.05, 3.63) is 41.5 Å². The molecule has 0 radical (unpaired) electrons. The highest BCUT2D eigenvalue weighted by molar-refractivity contribution is 5.65. The molecule has 0 fully saturated rings. The minimum absolute atomic E-state index is 0.00629. The van der Waals surface area contributed by atoms with Gasteiger partial charge in [0.15, 0.2) is 11.3 Å². The average molecular weight is 315 g/mol. The summed E-state index contributed by atoms with van der Waals surface area (Å²) in [6.07, 6.45) is 3.09. The van der Waals surface area contributed by atoms with Crippen molar-refractivity contribution in [3.63, 3.8) is 0 Å². The first-order valence-corrected chi connectivity index (χ1v) is 6.92. The van der Waals surface area contributed by atoms with Gasteiger partial charge in [0.2, 0.25) is 0 Å². The zero-order valence-electron chi connectivity index (χ0n) is 12.3. The molecule has 0 aliphatic heterocycles. The van der Waals surface area contributed by atoms with E-state index in [0.29, 0.717) is 28.5 Å². The van der Waals surface area contributed by atoms with Crippen LogP contribution in [0.25, 0.3) is 11.3 Å². The molecule has 0 amide bonds. The number of rotatable bonds is 4. The van der Waals surface area contributed by atoms with Crippen molar-refractivity contribution < 1.29 is 0 Å². The molecule has 9 heteroatoms. The lowest BCUT2D eigenvalue weighted by Crippen LogP contribution is -2.09. The van der Waals surface area contributed by atoms with Crippen LogP contribution < -0.4 is 0 Å². The molecule has 1 atom stereocenters. The number of nitriles is 3. The largest absolute Gasteiger partial charge is 0.324 e. The Labute approximate surface area is 136 Å². The van der Waals surface area contributed by atoms with Crippen LogP contribution in [0.4, 0.5) is 0 Å². The zero-order chi connectivity index (χ0) is 16.9. The number of aromatic amines is 1. The molecule has 3 rings (SSSR count). The van der Waals surface area contributed by atoms with E-state index in [4.69, 9.17) is 10.5 Å². The maximum atomic E-state index is 9.56. The first kappa shape index (κ1) is 15.0. The standard InChI is InChI=1S/C15H9N9/c16-3-1-9-7-11(22-12(21-9)2-4-17)10(8-18)13-23-14-15(24-13)20-6-5-19-14/h5-7,10H,1-2H2,(H,19,20,23,24). The van der Waals surface area contributed by atoms with Crippen LogP contribution in [0.2, 0.25) is 0 Å². The number of aromatic nitrogens is 6. The molecule has 1 N–H and O–H groups in total. The second kappa shape index (κ2) is 6.47. The molecule has 1 unspecified atom stereocenters. The fourth-order valence-electron chi connectivity index (χ4n) is 2.21. The number of imidazole rings is 1. The van der Waals surface area contributed by atoms with Crippen LogP contribution in [-0.4, -0.2) is 29.9 Å². The summed E-state index contributed by atoms with van der Waals surface area (Å²) in [4.78, 5) is 23.8. The monoisotopic (exact) mass is 315 g/mol. The third kappa shape index (κ3) is 2.85. The summed E-state index contributed by atoms with van der Waals surface area (Å²) in [6, 6.07) is 7.67. The average Bonchev–Trinajstić information content (AvgIpc) is 2.99. The Morgan fingerprint density at radius 3 is 2.50 bits per heavy atom. The smallest absolute Gasteiger partial charge is 0.197 e. The molecular weight excluding hydrogens is 306 g/mol. The van der Waals surface area contributed by atoms with Gasteiger partial charge in [-0.25, -0.2) is 24.9 Å². The normalized spacial score (nSPS) is 11.4. The number of nitrogens with one attached hydrogen (secondary N) is 1. The van der Waals surface area contributed by atoms with Crippen LogP contribution in [-0.2, 0) is 12.8 Å². The Morgan fingerprint density at radius 1 is 1.00 bits per heavy atom. The van der Waals surface area contributed by atoms with Gasteiger partial charge in [-0.15, -0.1) is 0 Å². The molecular formula is C15H9N9. The summed E-state index contributed by atoms with van der Waals surface area (Å²) in [5, 5.41) is 27.3. The van der Waals surface area contributed by atoms with Crippen molar-refractivity contribution >= 4 is 11.3 Å². The van der Waals surface area contributed by atoms with Gasteiger partial charge in [-0.05, 0) is 6.07 Å². The molecule has 24 heavy (non-hydrogen) atoms. The van der Waals surface area contributed by atoms with Gasteiger partial charge >= 0.3 is 0 Å².